The van der Waals surface area contributed by atoms with Gasteiger partial charge in [0.2, 0.25) is 0 Å². The molecule has 0 bridgehead atoms. The molecule has 0 aliphatic heterocycles. The first-order valence-electron chi connectivity index (χ1n) is 9.29. The molecule has 1 atom stereocenters. The highest BCUT2D eigenvalue weighted by molar-refractivity contribution is 6.14. The van der Waals surface area contributed by atoms with Crippen LogP contribution in [0.1, 0.15) is 44.6 Å². The Kier molecular flexibility index (Phi) is 6.05. The molecule has 0 saturated heterocycles. The van der Waals surface area contributed by atoms with Gasteiger partial charge in [0.05, 0.1) is 11.4 Å². The van der Waals surface area contributed by atoms with Gasteiger partial charge in [-0.15, -0.1) is 0 Å². The molecule has 1 saturated carbocycles. The number of benzene rings is 2. The second kappa shape index (κ2) is 8.65. The average molecular weight is 350 g/mol. The molecule has 1 fully saturated rings. The van der Waals surface area contributed by atoms with Crippen LogP contribution >= 0.6 is 0 Å². The van der Waals surface area contributed by atoms with Gasteiger partial charge in [-0.05, 0) is 30.4 Å². The van der Waals surface area contributed by atoms with E-state index < -0.39 is 0 Å². The Morgan fingerprint density at radius 2 is 1.54 bits per heavy atom. The summed E-state index contributed by atoms with van der Waals surface area (Å²) in [6, 6.07) is 18.2. The van der Waals surface area contributed by atoms with Crippen molar-refractivity contribution < 1.29 is 10.4 Å². The van der Waals surface area contributed by atoms with Gasteiger partial charge < -0.3 is 10.4 Å². The minimum Gasteiger partial charge on any atom is -0.411 e. The van der Waals surface area contributed by atoms with Crippen molar-refractivity contribution in [1.29, 1.82) is 0 Å². The molecule has 26 heavy (non-hydrogen) atoms. The molecule has 1 aliphatic rings. The van der Waals surface area contributed by atoms with Crippen LogP contribution in [0.4, 0.5) is 0 Å². The van der Waals surface area contributed by atoms with E-state index in [1.54, 1.807) is 6.92 Å². The molecule has 0 spiro atoms. The number of rotatable bonds is 6. The first kappa shape index (κ1) is 18.2. The number of hydrogen-bond donors (Lipinski definition) is 2. The second-order valence-corrected chi connectivity index (χ2v) is 7.11. The largest absolute Gasteiger partial charge is 0.411 e. The first-order valence-corrected chi connectivity index (χ1v) is 9.29. The fourth-order valence-corrected chi connectivity index (χ4v) is 3.92. The summed E-state index contributed by atoms with van der Waals surface area (Å²) in [5.74, 6) is 0.424. The lowest BCUT2D eigenvalue weighted by Crippen LogP contribution is -2.25. The van der Waals surface area contributed by atoms with Crippen molar-refractivity contribution in [2.24, 2.45) is 22.1 Å². The molecule has 0 radical (unpaired) electrons. The summed E-state index contributed by atoms with van der Waals surface area (Å²) in [6.45, 7) is 1.79. The standard InChI is InChI=1S/C22H26N2O2/c1-16(23-25)21(15-17-7-5-6-8-17)22(24-26)20-13-11-19(12-14-20)18-9-3-2-4-10-18/h2-4,9-14,17,21,25-26H,5-8,15H2,1H3. The van der Waals surface area contributed by atoms with Crippen molar-refractivity contribution >= 4 is 11.4 Å². The second-order valence-electron chi connectivity index (χ2n) is 7.11. The van der Waals surface area contributed by atoms with E-state index in [1.807, 2.05) is 42.5 Å². The summed E-state index contributed by atoms with van der Waals surface area (Å²) in [6.07, 6.45) is 5.76. The molecule has 2 aromatic rings. The Labute approximate surface area is 154 Å². The lowest BCUT2D eigenvalue weighted by molar-refractivity contribution is 0.309. The summed E-state index contributed by atoms with van der Waals surface area (Å²) in [5, 5.41) is 26.0. The van der Waals surface area contributed by atoms with E-state index in [0.717, 1.165) is 23.1 Å². The zero-order chi connectivity index (χ0) is 18.4. The molecule has 2 N–H and O–H groups in total. The van der Waals surface area contributed by atoms with E-state index in [2.05, 4.69) is 22.4 Å². The van der Waals surface area contributed by atoms with Crippen molar-refractivity contribution in [2.75, 3.05) is 0 Å². The predicted octanol–water partition coefficient (Wildman–Crippen LogP) is 5.58. The third-order valence-electron chi connectivity index (χ3n) is 5.43. The predicted molar refractivity (Wildman–Crippen MR) is 105 cm³/mol. The molecule has 136 valence electrons. The molecule has 3 rings (SSSR count). The third kappa shape index (κ3) is 4.13. The van der Waals surface area contributed by atoms with Crippen LogP contribution in [-0.2, 0) is 0 Å². The average Bonchev–Trinajstić information content (AvgIpc) is 3.21. The molecule has 0 heterocycles. The summed E-state index contributed by atoms with van der Waals surface area (Å²) >= 11 is 0. The SMILES string of the molecule is CC(=NO)C(CC1CCCC1)C(=NO)c1ccc(-c2ccccc2)cc1. The number of oxime groups is 2. The van der Waals surface area contributed by atoms with Gasteiger partial charge in [-0.2, -0.15) is 0 Å². The van der Waals surface area contributed by atoms with Crippen LogP contribution in [0, 0.1) is 11.8 Å². The molecule has 1 unspecified atom stereocenters. The summed E-state index contributed by atoms with van der Waals surface area (Å²) < 4.78 is 0. The Hall–Kier alpha value is -2.62. The van der Waals surface area contributed by atoms with Crippen LogP contribution < -0.4 is 0 Å². The zero-order valence-electron chi connectivity index (χ0n) is 15.2. The Morgan fingerprint density at radius 3 is 2.12 bits per heavy atom. The fourth-order valence-electron chi connectivity index (χ4n) is 3.92. The molecular formula is C22H26N2O2. The lowest BCUT2D eigenvalue weighted by atomic mass is 9.84. The molecular weight excluding hydrogens is 324 g/mol. The summed E-state index contributed by atoms with van der Waals surface area (Å²) in [7, 11) is 0. The Balaban J connectivity index is 1.85. The zero-order valence-corrected chi connectivity index (χ0v) is 15.2. The van der Waals surface area contributed by atoms with Crippen molar-refractivity contribution in [2.45, 2.75) is 39.0 Å². The minimum atomic E-state index is -0.171. The molecule has 0 aromatic heterocycles. The van der Waals surface area contributed by atoms with Crippen molar-refractivity contribution in [3.05, 3.63) is 60.2 Å². The van der Waals surface area contributed by atoms with Gasteiger partial charge in [-0.1, -0.05) is 90.6 Å². The van der Waals surface area contributed by atoms with Crippen LogP contribution in [0.2, 0.25) is 0 Å². The smallest absolute Gasteiger partial charge is 0.0956 e. The van der Waals surface area contributed by atoms with E-state index in [9.17, 15) is 10.4 Å². The van der Waals surface area contributed by atoms with Crippen LogP contribution in [0.5, 0.6) is 0 Å². The topological polar surface area (TPSA) is 65.2 Å². The van der Waals surface area contributed by atoms with E-state index >= 15 is 0 Å². The van der Waals surface area contributed by atoms with E-state index in [0.29, 0.717) is 17.3 Å². The van der Waals surface area contributed by atoms with Crippen LogP contribution in [0.3, 0.4) is 0 Å². The van der Waals surface area contributed by atoms with Gasteiger partial charge in [-0.25, -0.2) is 0 Å². The van der Waals surface area contributed by atoms with Gasteiger partial charge >= 0.3 is 0 Å². The van der Waals surface area contributed by atoms with Gasteiger partial charge in [0, 0.05) is 11.5 Å². The highest BCUT2D eigenvalue weighted by Crippen LogP contribution is 2.32. The Morgan fingerprint density at radius 1 is 0.923 bits per heavy atom. The summed E-state index contributed by atoms with van der Waals surface area (Å²) in [4.78, 5) is 0. The van der Waals surface area contributed by atoms with Gasteiger partial charge in [-0.3, -0.25) is 0 Å². The molecule has 4 nitrogen and oxygen atoms in total. The monoisotopic (exact) mass is 350 g/mol. The van der Waals surface area contributed by atoms with Gasteiger partial charge in [0.25, 0.3) is 0 Å². The van der Waals surface area contributed by atoms with E-state index in [-0.39, 0.29) is 5.92 Å². The van der Waals surface area contributed by atoms with Gasteiger partial charge in [0.1, 0.15) is 0 Å². The van der Waals surface area contributed by atoms with Crippen molar-refractivity contribution in [3.8, 4) is 11.1 Å². The molecule has 4 heteroatoms. The maximum atomic E-state index is 9.71. The van der Waals surface area contributed by atoms with Crippen LogP contribution in [-0.4, -0.2) is 21.8 Å². The van der Waals surface area contributed by atoms with E-state index in [1.165, 1.54) is 25.7 Å². The van der Waals surface area contributed by atoms with Crippen LogP contribution in [0.15, 0.2) is 64.9 Å². The number of hydrogen-bond acceptors (Lipinski definition) is 4. The number of nitrogens with zero attached hydrogens (tertiary/aromatic N) is 2. The van der Waals surface area contributed by atoms with E-state index in [4.69, 9.17) is 0 Å². The normalized spacial score (nSPS) is 17.4. The third-order valence-corrected chi connectivity index (χ3v) is 5.43. The molecule has 1 aliphatic carbocycles. The van der Waals surface area contributed by atoms with Crippen molar-refractivity contribution in [3.63, 3.8) is 0 Å². The highest BCUT2D eigenvalue weighted by atomic mass is 16.4. The minimum absolute atomic E-state index is 0.171. The maximum Gasteiger partial charge on any atom is 0.0956 e. The first-order chi connectivity index (χ1) is 12.7. The molecule has 0 amide bonds. The Bertz CT molecular complexity index is 760. The fraction of sp³-hybridized carbons (Fsp3) is 0.364. The summed E-state index contributed by atoms with van der Waals surface area (Å²) in [5.41, 5.74) is 4.30. The highest BCUT2D eigenvalue weighted by Gasteiger charge is 2.27. The van der Waals surface area contributed by atoms with Crippen molar-refractivity contribution in [1.82, 2.24) is 0 Å². The molecule has 2 aromatic carbocycles. The lowest BCUT2D eigenvalue weighted by Gasteiger charge is -2.21. The maximum absolute atomic E-state index is 9.71. The van der Waals surface area contributed by atoms with Crippen LogP contribution in [0.25, 0.3) is 11.1 Å². The van der Waals surface area contributed by atoms with Gasteiger partial charge in [0.15, 0.2) is 0 Å². The quantitative estimate of drug-likeness (QED) is 0.406.